The molecule has 0 amide bonds. The molecular weight excluding hydrogens is 315 g/mol. The SMILES string of the molecule is CSC(=Nc1cccc(F)c1OCC1CCN(C)CC1)NC#N. The van der Waals surface area contributed by atoms with Gasteiger partial charge >= 0.3 is 0 Å². The summed E-state index contributed by atoms with van der Waals surface area (Å²) in [5.41, 5.74) is 0.394. The number of amidine groups is 1. The molecule has 0 unspecified atom stereocenters. The molecular formula is C16H21FN4OS. The molecule has 1 saturated heterocycles. The first kappa shape index (κ1) is 17.6. The number of benzene rings is 1. The molecule has 1 aromatic carbocycles. The van der Waals surface area contributed by atoms with Crippen LogP contribution < -0.4 is 10.1 Å². The van der Waals surface area contributed by atoms with E-state index in [9.17, 15) is 4.39 Å². The van der Waals surface area contributed by atoms with Gasteiger partial charge in [0.1, 0.15) is 5.69 Å². The number of aliphatic imine (C=N–C) groups is 1. The first-order valence-corrected chi connectivity index (χ1v) is 8.74. The van der Waals surface area contributed by atoms with Crippen LogP contribution in [-0.2, 0) is 0 Å². The quantitative estimate of drug-likeness (QED) is 0.396. The molecule has 0 spiro atoms. The minimum atomic E-state index is -0.434. The van der Waals surface area contributed by atoms with E-state index in [4.69, 9.17) is 10.00 Å². The second kappa shape index (κ2) is 8.75. The number of likely N-dealkylation sites (tertiary alicyclic amines) is 1. The molecule has 1 N–H and O–H groups in total. The number of nitrogens with zero attached hydrogens (tertiary/aromatic N) is 3. The minimum absolute atomic E-state index is 0.151. The van der Waals surface area contributed by atoms with E-state index in [0.717, 1.165) is 25.9 Å². The van der Waals surface area contributed by atoms with Gasteiger partial charge in [0.2, 0.25) is 0 Å². The van der Waals surface area contributed by atoms with Crippen molar-refractivity contribution in [3.8, 4) is 11.9 Å². The number of nitriles is 1. The Kier molecular flexibility index (Phi) is 6.68. The van der Waals surface area contributed by atoms with Crippen LogP contribution in [0.4, 0.5) is 10.1 Å². The second-order valence-electron chi connectivity index (χ2n) is 5.50. The molecule has 1 aliphatic heterocycles. The topological polar surface area (TPSA) is 60.6 Å². The van der Waals surface area contributed by atoms with Gasteiger partial charge in [-0.25, -0.2) is 9.38 Å². The summed E-state index contributed by atoms with van der Waals surface area (Å²) >= 11 is 1.28. The van der Waals surface area contributed by atoms with Crippen LogP contribution in [0.2, 0.25) is 0 Å². The fourth-order valence-corrected chi connectivity index (χ4v) is 2.78. The molecule has 1 heterocycles. The number of thioether (sulfide) groups is 1. The number of rotatable bonds is 4. The van der Waals surface area contributed by atoms with E-state index in [2.05, 4.69) is 22.3 Å². The van der Waals surface area contributed by atoms with Crippen LogP contribution in [0.15, 0.2) is 23.2 Å². The average molecular weight is 336 g/mol. The largest absolute Gasteiger partial charge is 0.488 e. The van der Waals surface area contributed by atoms with Gasteiger partial charge in [-0.2, -0.15) is 5.26 Å². The van der Waals surface area contributed by atoms with Crippen LogP contribution in [-0.4, -0.2) is 43.1 Å². The van der Waals surface area contributed by atoms with Crippen LogP contribution in [0.1, 0.15) is 12.8 Å². The second-order valence-corrected chi connectivity index (χ2v) is 6.30. The van der Waals surface area contributed by atoms with Crippen molar-refractivity contribution in [1.82, 2.24) is 10.2 Å². The summed E-state index contributed by atoms with van der Waals surface area (Å²) in [6.07, 6.45) is 5.72. The van der Waals surface area contributed by atoms with Gasteiger partial charge in [0.15, 0.2) is 22.9 Å². The van der Waals surface area contributed by atoms with Crippen molar-refractivity contribution in [2.45, 2.75) is 12.8 Å². The summed E-state index contributed by atoms with van der Waals surface area (Å²) in [7, 11) is 2.10. The number of ether oxygens (including phenoxy) is 1. The van der Waals surface area contributed by atoms with Crippen molar-refractivity contribution in [2.75, 3.05) is 33.0 Å². The van der Waals surface area contributed by atoms with Crippen LogP contribution in [0.5, 0.6) is 5.75 Å². The minimum Gasteiger partial charge on any atom is -0.488 e. The number of hydrogen-bond acceptors (Lipinski definition) is 5. The van der Waals surface area contributed by atoms with E-state index in [1.54, 1.807) is 18.4 Å². The third-order valence-corrected chi connectivity index (χ3v) is 4.41. The van der Waals surface area contributed by atoms with E-state index in [0.29, 0.717) is 23.4 Å². The van der Waals surface area contributed by atoms with Crippen molar-refractivity contribution in [1.29, 1.82) is 5.26 Å². The van der Waals surface area contributed by atoms with Crippen molar-refractivity contribution < 1.29 is 9.13 Å². The Bertz CT molecular complexity index is 594. The fourth-order valence-electron chi connectivity index (χ4n) is 2.44. The molecule has 124 valence electrons. The Labute approximate surface area is 140 Å². The number of hydrogen-bond donors (Lipinski definition) is 1. The molecule has 0 saturated carbocycles. The van der Waals surface area contributed by atoms with Gasteiger partial charge in [-0.3, -0.25) is 5.32 Å². The van der Waals surface area contributed by atoms with Gasteiger partial charge in [-0.05, 0) is 57.3 Å². The van der Waals surface area contributed by atoms with Crippen molar-refractivity contribution >= 4 is 22.6 Å². The summed E-state index contributed by atoms with van der Waals surface area (Å²) in [5.74, 6) is 0.147. The Morgan fingerprint density at radius 1 is 1.52 bits per heavy atom. The van der Waals surface area contributed by atoms with Gasteiger partial charge < -0.3 is 9.64 Å². The van der Waals surface area contributed by atoms with E-state index >= 15 is 0 Å². The third-order valence-electron chi connectivity index (χ3n) is 3.83. The molecule has 7 heteroatoms. The highest BCUT2D eigenvalue weighted by Gasteiger charge is 2.19. The molecule has 0 aliphatic carbocycles. The van der Waals surface area contributed by atoms with Crippen LogP contribution >= 0.6 is 11.8 Å². The lowest BCUT2D eigenvalue weighted by Gasteiger charge is -2.28. The fraction of sp³-hybridized carbons (Fsp3) is 0.500. The van der Waals surface area contributed by atoms with Gasteiger partial charge in [0.25, 0.3) is 0 Å². The zero-order valence-electron chi connectivity index (χ0n) is 13.4. The molecule has 1 aromatic rings. The highest BCUT2D eigenvalue weighted by Crippen LogP contribution is 2.32. The molecule has 0 aromatic heterocycles. The monoisotopic (exact) mass is 336 g/mol. The van der Waals surface area contributed by atoms with E-state index in [-0.39, 0.29) is 5.75 Å². The molecule has 5 nitrogen and oxygen atoms in total. The number of nitrogens with one attached hydrogen (secondary N) is 1. The lowest BCUT2D eigenvalue weighted by molar-refractivity contribution is 0.157. The van der Waals surface area contributed by atoms with Crippen LogP contribution in [0, 0.1) is 23.2 Å². The van der Waals surface area contributed by atoms with Gasteiger partial charge in [0.05, 0.1) is 6.61 Å². The number of halogens is 1. The molecule has 0 bridgehead atoms. The molecule has 23 heavy (non-hydrogen) atoms. The summed E-state index contributed by atoms with van der Waals surface area (Å²) in [5, 5.41) is 11.6. The first-order valence-electron chi connectivity index (χ1n) is 7.51. The Morgan fingerprint density at radius 2 is 2.26 bits per heavy atom. The van der Waals surface area contributed by atoms with Crippen molar-refractivity contribution in [2.24, 2.45) is 10.9 Å². The first-order chi connectivity index (χ1) is 11.1. The molecule has 1 fully saturated rings. The van der Waals surface area contributed by atoms with Gasteiger partial charge in [-0.1, -0.05) is 17.8 Å². The van der Waals surface area contributed by atoms with E-state index in [1.165, 1.54) is 17.8 Å². The molecule has 1 aliphatic rings. The van der Waals surface area contributed by atoms with Gasteiger partial charge in [-0.15, -0.1) is 0 Å². The lowest BCUT2D eigenvalue weighted by Crippen LogP contribution is -2.32. The van der Waals surface area contributed by atoms with Crippen molar-refractivity contribution in [3.63, 3.8) is 0 Å². The zero-order valence-corrected chi connectivity index (χ0v) is 14.2. The summed E-state index contributed by atoms with van der Waals surface area (Å²) in [6, 6.07) is 4.63. The highest BCUT2D eigenvalue weighted by atomic mass is 32.2. The molecule has 2 rings (SSSR count). The maximum absolute atomic E-state index is 14.1. The summed E-state index contributed by atoms with van der Waals surface area (Å²) in [4.78, 5) is 6.56. The predicted molar refractivity (Wildman–Crippen MR) is 91.5 cm³/mol. The van der Waals surface area contributed by atoms with Crippen LogP contribution in [0.3, 0.4) is 0 Å². The van der Waals surface area contributed by atoms with Crippen molar-refractivity contribution in [3.05, 3.63) is 24.0 Å². The highest BCUT2D eigenvalue weighted by molar-refractivity contribution is 8.13. The Balaban J connectivity index is 2.10. The Hall–Kier alpha value is -1.78. The van der Waals surface area contributed by atoms with Gasteiger partial charge in [0, 0.05) is 0 Å². The standard InChI is InChI=1S/C16H21FN4OS/c1-21-8-6-12(7-9-21)10-22-15-13(17)4-3-5-14(15)20-16(23-2)19-11-18/h3-5,12H,6-10H2,1-2H3,(H,19,20). The number of piperidine rings is 1. The maximum atomic E-state index is 14.1. The molecule has 0 atom stereocenters. The van der Waals surface area contributed by atoms with E-state index in [1.807, 2.05) is 6.19 Å². The Morgan fingerprint density at radius 3 is 2.91 bits per heavy atom. The third kappa shape index (κ3) is 5.12. The lowest BCUT2D eigenvalue weighted by atomic mass is 9.98. The molecule has 0 radical (unpaired) electrons. The number of para-hydroxylation sites is 1. The normalized spacial score (nSPS) is 16.9. The van der Waals surface area contributed by atoms with Crippen LogP contribution in [0.25, 0.3) is 0 Å². The maximum Gasteiger partial charge on any atom is 0.183 e. The van der Waals surface area contributed by atoms with E-state index < -0.39 is 5.82 Å². The predicted octanol–water partition coefficient (Wildman–Crippen LogP) is 2.97. The summed E-state index contributed by atoms with van der Waals surface area (Å²) < 4.78 is 19.9. The smallest absolute Gasteiger partial charge is 0.183 e. The zero-order chi connectivity index (χ0) is 16.7. The average Bonchev–Trinajstić information content (AvgIpc) is 2.55. The summed E-state index contributed by atoms with van der Waals surface area (Å²) in [6.45, 7) is 2.57.